The average Bonchev–Trinajstić information content (AvgIpc) is 3.63. The van der Waals surface area contributed by atoms with Crippen LogP contribution in [0.25, 0.3) is 33.7 Å². The van der Waals surface area contributed by atoms with Gasteiger partial charge in [-0.2, -0.15) is 13.7 Å². The van der Waals surface area contributed by atoms with E-state index in [2.05, 4.69) is 159 Å². The van der Waals surface area contributed by atoms with Crippen LogP contribution in [0, 0.1) is 0 Å². The first-order valence-electron chi connectivity index (χ1n) is 16.3. The van der Waals surface area contributed by atoms with Crippen molar-refractivity contribution in [3.63, 3.8) is 0 Å². The molecule has 0 saturated heterocycles. The Labute approximate surface area is 265 Å². The molecule has 222 valence electrons. The van der Waals surface area contributed by atoms with Crippen LogP contribution in [0.3, 0.4) is 0 Å². The third-order valence-corrected chi connectivity index (χ3v) is 10.3. The smallest absolute Gasteiger partial charge is 0.352 e. The van der Waals surface area contributed by atoms with Crippen molar-refractivity contribution in [3.8, 4) is 34.1 Å². The van der Waals surface area contributed by atoms with E-state index in [-0.39, 0.29) is 5.41 Å². The molecular weight excluding hydrogens is 550 g/mol. The Morgan fingerprint density at radius 1 is 0.733 bits per heavy atom. The second-order valence-corrected chi connectivity index (χ2v) is 14.7. The van der Waals surface area contributed by atoms with Crippen LogP contribution in [0.15, 0.2) is 97.2 Å². The fourth-order valence-corrected chi connectivity index (χ4v) is 8.05. The van der Waals surface area contributed by atoms with Gasteiger partial charge in [-0.25, -0.2) is 0 Å². The summed E-state index contributed by atoms with van der Waals surface area (Å²) in [6.45, 7) is 16.1. The lowest BCUT2D eigenvalue weighted by Gasteiger charge is -2.25. The quantitative estimate of drug-likeness (QED) is 0.189. The SMILES string of the molecule is CC(C)c1cc(C(C)C)cc(-n2c3[n+]4c5c(cccc52)Oc2cc(C(C)(C)C)cc(c2-4)C32c3ccccc3-c3cccc[n+]32)c1. The number of aromatic nitrogens is 3. The summed E-state index contributed by atoms with van der Waals surface area (Å²) in [6, 6.07) is 34.1. The zero-order chi connectivity index (χ0) is 31.0. The number of imidazole rings is 1. The first-order chi connectivity index (χ1) is 21.6. The van der Waals surface area contributed by atoms with Gasteiger partial charge in [-0.3, -0.25) is 0 Å². The predicted octanol–water partition coefficient (Wildman–Crippen LogP) is 8.98. The van der Waals surface area contributed by atoms with Crippen molar-refractivity contribution in [2.45, 2.75) is 71.3 Å². The molecule has 4 aromatic carbocycles. The highest BCUT2D eigenvalue weighted by Crippen LogP contribution is 2.56. The molecule has 4 heteroatoms. The van der Waals surface area contributed by atoms with E-state index in [1.54, 1.807) is 0 Å². The van der Waals surface area contributed by atoms with Crippen molar-refractivity contribution in [3.05, 3.63) is 131 Å². The maximum Gasteiger partial charge on any atom is 0.352 e. The molecule has 3 aliphatic heterocycles. The number of hydrogen-bond donors (Lipinski definition) is 0. The summed E-state index contributed by atoms with van der Waals surface area (Å²) >= 11 is 0. The highest BCUT2D eigenvalue weighted by molar-refractivity contribution is 5.86. The lowest BCUT2D eigenvalue weighted by atomic mass is 9.79. The van der Waals surface area contributed by atoms with Crippen molar-refractivity contribution in [2.24, 2.45) is 0 Å². The standard InChI is InChI=1S/C41H39N3O/c1-24(2)26-19-27(25(3)4)21-29(20-26)43-34-16-12-17-35-38(34)44-37-32(22-28(40(5,6)7)23-36(37)45-35)41(39(43)44)31-14-9-8-13-30(31)33-15-10-11-18-42(33)41/h8-25H,1-7H3/q+2. The average molecular weight is 590 g/mol. The molecule has 0 N–H and O–H groups in total. The van der Waals surface area contributed by atoms with E-state index < -0.39 is 5.54 Å². The van der Waals surface area contributed by atoms with E-state index in [9.17, 15) is 0 Å². The largest absolute Gasteiger partial charge is 0.448 e. The van der Waals surface area contributed by atoms with Crippen LogP contribution < -0.4 is 13.9 Å². The highest BCUT2D eigenvalue weighted by Gasteiger charge is 2.69. The van der Waals surface area contributed by atoms with E-state index >= 15 is 0 Å². The maximum absolute atomic E-state index is 6.91. The summed E-state index contributed by atoms with van der Waals surface area (Å²) in [5.74, 6) is 3.89. The van der Waals surface area contributed by atoms with E-state index in [1.807, 2.05) is 0 Å². The Morgan fingerprint density at radius 3 is 2.20 bits per heavy atom. The number of rotatable bonds is 3. The third-order valence-electron chi connectivity index (χ3n) is 10.3. The van der Waals surface area contributed by atoms with Crippen LogP contribution in [-0.2, 0) is 11.0 Å². The van der Waals surface area contributed by atoms with E-state index in [1.165, 1.54) is 50.6 Å². The summed E-state index contributed by atoms with van der Waals surface area (Å²) in [5, 5.41) is 0. The molecule has 4 nitrogen and oxygen atoms in total. The van der Waals surface area contributed by atoms with Gasteiger partial charge in [-0.1, -0.05) is 78.8 Å². The van der Waals surface area contributed by atoms with Crippen LogP contribution in [0.2, 0.25) is 0 Å². The van der Waals surface area contributed by atoms with Crippen LogP contribution in [-0.4, -0.2) is 4.57 Å². The molecule has 3 aliphatic rings. The van der Waals surface area contributed by atoms with Crippen molar-refractivity contribution < 1.29 is 13.9 Å². The number of pyridine rings is 1. The van der Waals surface area contributed by atoms with Crippen LogP contribution >= 0.6 is 0 Å². The number of nitrogens with zero attached hydrogens (tertiary/aromatic N) is 3. The summed E-state index contributed by atoms with van der Waals surface area (Å²) < 4.78 is 14.5. The Bertz CT molecular complexity index is 2170. The normalized spacial score (nSPS) is 17.0. The number of fused-ring (bicyclic) bond motifs is 7. The summed E-state index contributed by atoms with van der Waals surface area (Å²) in [4.78, 5) is 0. The minimum atomic E-state index is -0.603. The monoisotopic (exact) mass is 589 g/mol. The van der Waals surface area contributed by atoms with Gasteiger partial charge in [0.05, 0.1) is 16.7 Å². The zero-order valence-electron chi connectivity index (χ0n) is 27.1. The minimum Gasteiger partial charge on any atom is -0.448 e. The van der Waals surface area contributed by atoms with Gasteiger partial charge in [0.1, 0.15) is 5.69 Å². The number of hydrogen-bond acceptors (Lipinski definition) is 1. The Hall–Kier alpha value is -4.70. The Morgan fingerprint density at radius 2 is 1.47 bits per heavy atom. The zero-order valence-corrected chi connectivity index (χ0v) is 27.1. The summed E-state index contributed by atoms with van der Waals surface area (Å²) in [7, 11) is 0. The molecule has 9 rings (SSSR count). The molecule has 1 spiro atoms. The topological polar surface area (TPSA) is 21.9 Å². The molecule has 0 radical (unpaired) electrons. The van der Waals surface area contributed by atoms with Gasteiger partial charge in [-0.05, 0) is 82.5 Å². The highest BCUT2D eigenvalue weighted by atomic mass is 16.5. The van der Waals surface area contributed by atoms with Gasteiger partial charge in [0.15, 0.2) is 28.9 Å². The summed E-state index contributed by atoms with van der Waals surface area (Å²) in [6.07, 6.45) is 2.28. The van der Waals surface area contributed by atoms with E-state index in [4.69, 9.17) is 4.74 Å². The molecule has 0 aliphatic carbocycles. The summed E-state index contributed by atoms with van der Waals surface area (Å²) in [5.41, 5.74) is 13.1. The van der Waals surface area contributed by atoms with Crippen LogP contribution in [0.4, 0.5) is 0 Å². The minimum absolute atomic E-state index is 0.0599. The maximum atomic E-state index is 6.91. The number of benzene rings is 4. The predicted molar refractivity (Wildman–Crippen MR) is 179 cm³/mol. The van der Waals surface area contributed by atoms with Gasteiger partial charge in [0.25, 0.3) is 0 Å². The molecule has 45 heavy (non-hydrogen) atoms. The van der Waals surface area contributed by atoms with Gasteiger partial charge in [0.2, 0.25) is 11.2 Å². The molecule has 5 heterocycles. The van der Waals surface area contributed by atoms with Crippen molar-refractivity contribution >= 4 is 11.0 Å². The van der Waals surface area contributed by atoms with Crippen LogP contribution in [0.5, 0.6) is 11.5 Å². The Balaban J connectivity index is 1.54. The van der Waals surface area contributed by atoms with Crippen LogP contribution in [0.1, 0.15) is 93.9 Å². The molecule has 0 fully saturated rings. The molecule has 0 saturated carbocycles. The lowest BCUT2D eigenvalue weighted by Crippen LogP contribution is -2.57. The third kappa shape index (κ3) is 3.27. The lowest BCUT2D eigenvalue weighted by molar-refractivity contribution is -0.733. The van der Waals surface area contributed by atoms with Gasteiger partial charge in [-0.15, -0.1) is 0 Å². The van der Waals surface area contributed by atoms with Crippen molar-refractivity contribution in [2.75, 3.05) is 0 Å². The van der Waals surface area contributed by atoms with E-state index in [0.717, 1.165) is 28.2 Å². The first kappa shape index (κ1) is 26.7. The molecular formula is C41H39N3O+2. The number of para-hydroxylation sites is 1. The molecule has 6 aromatic rings. The first-order valence-corrected chi connectivity index (χ1v) is 16.3. The number of ether oxygens (including phenoxy) is 1. The fraction of sp³-hybridized carbons (Fsp3) is 0.268. The van der Waals surface area contributed by atoms with E-state index in [0.29, 0.717) is 11.8 Å². The molecule has 2 aromatic heterocycles. The molecule has 0 bridgehead atoms. The van der Waals surface area contributed by atoms with Gasteiger partial charge in [0, 0.05) is 12.1 Å². The molecule has 1 unspecified atom stereocenters. The van der Waals surface area contributed by atoms with Crippen molar-refractivity contribution in [1.29, 1.82) is 0 Å². The molecule has 0 amide bonds. The molecule has 1 atom stereocenters. The second-order valence-electron chi connectivity index (χ2n) is 14.7. The fourth-order valence-electron chi connectivity index (χ4n) is 8.05. The second kappa shape index (κ2) is 8.72. The van der Waals surface area contributed by atoms with Gasteiger partial charge >= 0.3 is 11.4 Å². The van der Waals surface area contributed by atoms with Gasteiger partial charge < -0.3 is 4.74 Å². The van der Waals surface area contributed by atoms with Crippen molar-refractivity contribution in [1.82, 2.24) is 4.57 Å². The Kier molecular flexibility index (Phi) is 5.17.